The van der Waals surface area contributed by atoms with E-state index >= 15 is 0 Å². The van der Waals surface area contributed by atoms with E-state index in [9.17, 15) is 4.39 Å². The number of likely N-dealkylation sites (N-methyl/N-ethyl adjacent to an activating group) is 1. The number of para-hydroxylation sites is 1. The van der Waals surface area contributed by atoms with Crippen molar-refractivity contribution in [1.82, 2.24) is 9.78 Å². The Kier molecular flexibility index (Phi) is 4.96. The van der Waals surface area contributed by atoms with E-state index in [1.807, 2.05) is 31.1 Å². The summed E-state index contributed by atoms with van der Waals surface area (Å²) >= 11 is 0. The van der Waals surface area contributed by atoms with Crippen molar-refractivity contribution < 1.29 is 4.39 Å². The van der Waals surface area contributed by atoms with Crippen LogP contribution in [-0.2, 0) is 13.5 Å². The predicted molar refractivity (Wildman–Crippen MR) is 83.8 cm³/mol. The highest BCUT2D eigenvalue weighted by molar-refractivity contribution is 5.50. The molecule has 0 bridgehead atoms. The Labute approximate surface area is 125 Å². The van der Waals surface area contributed by atoms with Gasteiger partial charge in [0.25, 0.3) is 0 Å². The van der Waals surface area contributed by atoms with Gasteiger partial charge in [-0.2, -0.15) is 5.10 Å². The van der Waals surface area contributed by atoms with Gasteiger partial charge in [0, 0.05) is 31.9 Å². The third-order valence-electron chi connectivity index (χ3n) is 3.73. The molecule has 0 spiro atoms. The summed E-state index contributed by atoms with van der Waals surface area (Å²) in [7, 11) is 1.90. The van der Waals surface area contributed by atoms with E-state index in [1.165, 1.54) is 6.07 Å². The van der Waals surface area contributed by atoms with Gasteiger partial charge in [-0.3, -0.25) is 4.68 Å². The van der Waals surface area contributed by atoms with Crippen LogP contribution in [0.5, 0.6) is 0 Å². The molecule has 21 heavy (non-hydrogen) atoms. The van der Waals surface area contributed by atoms with Gasteiger partial charge >= 0.3 is 0 Å². The maximum absolute atomic E-state index is 14.1. The fraction of sp³-hybridized carbons (Fsp3) is 0.438. The maximum atomic E-state index is 14.1. The summed E-state index contributed by atoms with van der Waals surface area (Å²) in [4.78, 5) is 2.01. The van der Waals surface area contributed by atoms with Crippen molar-refractivity contribution in [3.8, 4) is 0 Å². The number of nitrogens with two attached hydrogens (primary N) is 1. The molecular weight excluding hydrogens is 267 g/mol. The van der Waals surface area contributed by atoms with E-state index in [0.717, 1.165) is 17.7 Å². The van der Waals surface area contributed by atoms with E-state index in [1.54, 1.807) is 16.8 Å². The molecule has 2 N–H and O–H groups in total. The van der Waals surface area contributed by atoms with Crippen molar-refractivity contribution in [2.45, 2.75) is 26.3 Å². The lowest BCUT2D eigenvalue weighted by Crippen LogP contribution is -2.34. The Hall–Kier alpha value is -1.88. The molecule has 0 aliphatic rings. The first-order chi connectivity index (χ1) is 10.1. The second-order valence-electron chi connectivity index (χ2n) is 5.05. The highest BCUT2D eigenvalue weighted by Gasteiger charge is 2.24. The number of aromatic nitrogens is 2. The van der Waals surface area contributed by atoms with Gasteiger partial charge in [-0.25, -0.2) is 4.39 Å². The van der Waals surface area contributed by atoms with E-state index in [4.69, 9.17) is 5.73 Å². The molecule has 0 amide bonds. The van der Waals surface area contributed by atoms with E-state index in [-0.39, 0.29) is 11.9 Å². The molecule has 0 radical (unpaired) electrons. The molecule has 5 heteroatoms. The lowest BCUT2D eigenvalue weighted by molar-refractivity contribution is 0.586. The number of anilines is 1. The monoisotopic (exact) mass is 290 g/mol. The molecule has 0 fully saturated rings. The van der Waals surface area contributed by atoms with Crippen LogP contribution in [0.15, 0.2) is 30.5 Å². The lowest BCUT2D eigenvalue weighted by Gasteiger charge is -2.32. The molecule has 1 heterocycles. The van der Waals surface area contributed by atoms with Gasteiger partial charge in [0.15, 0.2) is 0 Å². The Morgan fingerprint density at radius 1 is 1.33 bits per heavy atom. The van der Waals surface area contributed by atoms with E-state index < -0.39 is 0 Å². The molecule has 0 saturated carbocycles. The average molecular weight is 290 g/mol. The Bertz CT molecular complexity index is 594. The SMILES string of the molecule is CCc1nn(C)cc1C(CN)N(CC)c1ccccc1F. The number of rotatable bonds is 6. The summed E-state index contributed by atoms with van der Waals surface area (Å²) < 4.78 is 15.9. The molecule has 0 aliphatic carbocycles. The molecule has 0 saturated heterocycles. The van der Waals surface area contributed by atoms with Crippen LogP contribution in [0.1, 0.15) is 31.1 Å². The average Bonchev–Trinajstić information content (AvgIpc) is 2.86. The Balaban J connectivity index is 2.45. The van der Waals surface area contributed by atoms with Gasteiger partial charge < -0.3 is 10.6 Å². The van der Waals surface area contributed by atoms with Crippen LogP contribution in [-0.4, -0.2) is 22.9 Å². The van der Waals surface area contributed by atoms with Crippen molar-refractivity contribution in [3.63, 3.8) is 0 Å². The summed E-state index contributed by atoms with van der Waals surface area (Å²) in [5.41, 5.74) is 8.68. The largest absolute Gasteiger partial charge is 0.361 e. The standard InChI is InChI=1S/C16H23FN4/c1-4-14-12(11-20(3)19-14)16(10-18)21(5-2)15-9-7-6-8-13(15)17/h6-9,11,16H,4-5,10,18H2,1-3H3. The van der Waals surface area contributed by atoms with Gasteiger partial charge in [0.05, 0.1) is 17.4 Å². The number of nitrogens with zero attached hydrogens (tertiary/aromatic N) is 3. The van der Waals surface area contributed by atoms with Gasteiger partial charge in [0.2, 0.25) is 0 Å². The maximum Gasteiger partial charge on any atom is 0.146 e. The highest BCUT2D eigenvalue weighted by atomic mass is 19.1. The summed E-state index contributed by atoms with van der Waals surface area (Å²) in [6.45, 7) is 5.18. The number of benzene rings is 1. The summed E-state index contributed by atoms with van der Waals surface area (Å²) in [5.74, 6) is -0.222. The van der Waals surface area contributed by atoms with Gasteiger partial charge in [0.1, 0.15) is 5.82 Å². The normalized spacial score (nSPS) is 12.4. The van der Waals surface area contributed by atoms with Gasteiger partial charge in [-0.1, -0.05) is 19.1 Å². The van der Waals surface area contributed by atoms with Crippen LogP contribution in [0.4, 0.5) is 10.1 Å². The molecule has 2 aromatic rings. The predicted octanol–water partition coefficient (Wildman–Crippen LogP) is 2.65. The van der Waals surface area contributed by atoms with Crippen molar-refractivity contribution >= 4 is 5.69 Å². The number of halogens is 1. The van der Waals surface area contributed by atoms with Crippen LogP contribution >= 0.6 is 0 Å². The minimum Gasteiger partial charge on any atom is -0.361 e. The molecular formula is C16H23FN4. The van der Waals surface area contributed by atoms with Gasteiger partial charge in [-0.05, 0) is 25.5 Å². The van der Waals surface area contributed by atoms with Crippen LogP contribution in [0, 0.1) is 5.82 Å². The second-order valence-corrected chi connectivity index (χ2v) is 5.05. The molecule has 2 rings (SSSR count). The molecule has 1 aromatic heterocycles. The molecule has 1 aromatic carbocycles. The van der Waals surface area contributed by atoms with Crippen molar-refractivity contribution in [1.29, 1.82) is 0 Å². The van der Waals surface area contributed by atoms with Crippen molar-refractivity contribution in [3.05, 3.63) is 47.5 Å². The third-order valence-corrected chi connectivity index (χ3v) is 3.73. The quantitative estimate of drug-likeness (QED) is 0.889. The first kappa shape index (κ1) is 15.5. The number of hydrogen-bond donors (Lipinski definition) is 1. The Morgan fingerprint density at radius 3 is 2.62 bits per heavy atom. The minimum absolute atomic E-state index is 0.0736. The molecule has 1 atom stereocenters. The summed E-state index contributed by atoms with van der Waals surface area (Å²) in [6.07, 6.45) is 2.82. The van der Waals surface area contributed by atoms with Crippen molar-refractivity contribution in [2.24, 2.45) is 12.8 Å². The van der Waals surface area contributed by atoms with E-state index in [0.29, 0.717) is 18.8 Å². The number of aryl methyl sites for hydroxylation is 2. The van der Waals surface area contributed by atoms with Crippen LogP contribution in [0.2, 0.25) is 0 Å². The zero-order valence-electron chi connectivity index (χ0n) is 12.9. The fourth-order valence-corrected chi connectivity index (χ4v) is 2.77. The van der Waals surface area contributed by atoms with Crippen LogP contribution in [0.25, 0.3) is 0 Å². The first-order valence-corrected chi connectivity index (χ1v) is 7.35. The minimum atomic E-state index is -0.222. The van der Waals surface area contributed by atoms with Crippen LogP contribution in [0.3, 0.4) is 0 Å². The zero-order valence-corrected chi connectivity index (χ0v) is 12.9. The summed E-state index contributed by atoms with van der Waals surface area (Å²) in [5, 5.41) is 4.47. The molecule has 4 nitrogen and oxygen atoms in total. The molecule has 1 unspecified atom stereocenters. The Morgan fingerprint density at radius 2 is 2.05 bits per heavy atom. The number of hydrogen-bond acceptors (Lipinski definition) is 3. The first-order valence-electron chi connectivity index (χ1n) is 7.35. The molecule has 114 valence electrons. The second kappa shape index (κ2) is 6.72. The van der Waals surface area contributed by atoms with Gasteiger partial charge in [-0.15, -0.1) is 0 Å². The smallest absolute Gasteiger partial charge is 0.146 e. The van der Waals surface area contributed by atoms with E-state index in [2.05, 4.69) is 12.0 Å². The zero-order chi connectivity index (χ0) is 15.4. The fourth-order valence-electron chi connectivity index (χ4n) is 2.77. The third kappa shape index (κ3) is 3.08. The summed E-state index contributed by atoms with van der Waals surface area (Å²) in [6, 6.07) is 6.75. The van der Waals surface area contributed by atoms with Crippen LogP contribution < -0.4 is 10.6 Å². The lowest BCUT2D eigenvalue weighted by atomic mass is 10.0. The van der Waals surface area contributed by atoms with Crippen molar-refractivity contribution in [2.75, 3.05) is 18.0 Å². The molecule has 0 aliphatic heterocycles. The topological polar surface area (TPSA) is 47.1 Å². The highest BCUT2D eigenvalue weighted by Crippen LogP contribution is 2.30.